The first-order valence-electron chi connectivity index (χ1n) is 9.72. The van der Waals surface area contributed by atoms with Crippen molar-refractivity contribution in [3.05, 3.63) is 85.3 Å². The van der Waals surface area contributed by atoms with Gasteiger partial charge in [-0.1, -0.05) is 55.6 Å². The molecule has 0 aliphatic rings. The number of hydrogen-bond acceptors (Lipinski definition) is 4. The van der Waals surface area contributed by atoms with Crippen LogP contribution in [0.2, 0.25) is 5.02 Å². The fourth-order valence-corrected chi connectivity index (χ4v) is 6.84. The van der Waals surface area contributed by atoms with Crippen LogP contribution in [0.3, 0.4) is 0 Å². The second kappa shape index (κ2) is 11.4. The monoisotopic (exact) mass is 617 g/mol. The van der Waals surface area contributed by atoms with Crippen LogP contribution in [0.5, 0.6) is 5.75 Å². The summed E-state index contributed by atoms with van der Waals surface area (Å²) in [5.41, 5.74) is 2.21. The molecule has 0 atom stereocenters. The molecule has 32 heavy (non-hydrogen) atoms. The van der Waals surface area contributed by atoms with E-state index in [-0.39, 0.29) is 11.4 Å². The van der Waals surface area contributed by atoms with Crippen molar-refractivity contribution in [3.8, 4) is 5.75 Å². The van der Waals surface area contributed by atoms with Crippen LogP contribution in [0.4, 0.5) is 0 Å². The van der Waals surface area contributed by atoms with Gasteiger partial charge in [0.15, 0.2) is 0 Å². The SMILES string of the molecule is Cc1c(Br)cc(Br)c(C)c1S(=O)(=O)NCc1ccc(OCCSc2ccc(Cl)cc2)cc1. The van der Waals surface area contributed by atoms with Crippen LogP contribution in [0.25, 0.3) is 0 Å². The van der Waals surface area contributed by atoms with Gasteiger partial charge >= 0.3 is 0 Å². The summed E-state index contributed by atoms with van der Waals surface area (Å²) >= 11 is 14.4. The molecule has 0 heterocycles. The van der Waals surface area contributed by atoms with Gasteiger partial charge in [0, 0.05) is 31.2 Å². The summed E-state index contributed by atoms with van der Waals surface area (Å²) in [5, 5.41) is 0.725. The van der Waals surface area contributed by atoms with Crippen LogP contribution < -0.4 is 9.46 Å². The Morgan fingerprint density at radius 2 is 1.56 bits per heavy atom. The quantitative estimate of drug-likeness (QED) is 0.205. The van der Waals surface area contributed by atoms with Crippen LogP contribution in [-0.2, 0) is 16.6 Å². The van der Waals surface area contributed by atoms with Crippen molar-refractivity contribution in [2.24, 2.45) is 0 Å². The van der Waals surface area contributed by atoms with Crippen LogP contribution in [-0.4, -0.2) is 20.8 Å². The fourth-order valence-electron chi connectivity index (χ4n) is 3.03. The first kappa shape index (κ1) is 25.6. The standard InChI is InChI=1S/C23H22Br2ClNO3S2/c1-15-21(24)13-22(25)16(2)23(15)32(28,29)27-14-17-3-7-19(8-4-17)30-11-12-31-20-9-5-18(26)6-10-20/h3-10,13,27H,11-12,14H2,1-2H3. The average Bonchev–Trinajstić information content (AvgIpc) is 2.76. The second-order valence-corrected chi connectivity index (χ2v) is 12.1. The first-order chi connectivity index (χ1) is 15.2. The Morgan fingerprint density at radius 3 is 2.16 bits per heavy atom. The first-order valence-corrected chi connectivity index (χ1v) is 14.2. The molecule has 0 aliphatic carbocycles. The Balaban J connectivity index is 1.54. The lowest BCUT2D eigenvalue weighted by Gasteiger charge is -2.15. The van der Waals surface area contributed by atoms with E-state index < -0.39 is 10.0 Å². The van der Waals surface area contributed by atoms with Crippen LogP contribution >= 0.6 is 55.2 Å². The third-order valence-corrected chi connectivity index (χ3v) is 9.29. The van der Waals surface area contributed by atoms with Crippen molar-refractivity contribution in [2.45, 2.75) is 30.2 Å². The number of hydrogen-bond donors (Lipinski definition) is 1. The molecule has 0 unspecified atom stereocenters. The zero-order chi connectivity index (χ0) is 23.3. The molecule has 1 N–H and O–H groups in total. The fraction of sp³-hybridized carbons (Fsp3) is 0.217. The number of benzene rings is 3. The minimum Gasteiger partial charge on any atom is -0.493 e. The molecule has 0 amide bonds. The topological polar surface area (TPSA) is 55.4 Å². The summed E-state index contributed by atoms with van der Waals surface area (Å²) in [7, 11) is -3.67. The molecule has 0 spiro atoms. The van der Waals surface area contributed by atoms with E-state index in [2.05, 4.69) is 36.6 Å². The van der Waals surface area contributed by atoms with E-state index in [0.29, 0.717) is 17.7 Å². The maximum Gasteiger partial charge on any atom is 0.241 e. The van der Waals surface area contributed by atoms with Crippen molar-refractivity contribution < 1.29 is 13.2 Å². The average molecular weight is 620 g/mol. The Labute approximate surface area is 215 Å². The predicted octanol–water partition coefficient (Wildman–Crippen LogP) is 7.13. The van der Waals surface area contributed by atoms with E-state index >= 15 is 0 Å². The summed E-state index contributed by atoms with van der Waals surface area (Å²) < 4.78 is 35.8. The number of thioether (sulfide) groups is 1. The van der Waals surface area contributed by atoms with Gasteiger partial charge in [0.2, 0.25) is 10.0 Å². The summed E-state index contributed by atoms with van der Waals surface area (Å²) in [6, 6.07) is 17.0. The van der Waals surface area contributed by atoms with E-state index in [0.717, 1.165) is 35.9 Å². The molecule has 3 rings (SSSR count). The van der Waals surface area contributed by atoms with Gasteiger partial charge in [-0.05, 0) is 73.0 Å². The van der Waals surface area contributed by atoms with Crippen LogP contribution in [0.1, 0.15) is 16.7 Å². The molecular weight excluding hydrogens is 598 g/mol. The van der Waals surface area contributed by atoms with Gasteiger partial charge in [-0.3, -0.25) is 0 Å². The van der Waals surface area contributed by atoms with Gasteiger partial charge in [0.05, 0.1) is 11.5 Å². The van der Waals surface area contributed by atoms with E-state index in [4.69, 9.17) is 16.3 Å². The normalized spacial score (nSPS) is 11.5. The van der Waals surface area contributed by atoms with E-state index in [1.807, 2.05) is 54.6 Å². The predicted molar refractivity (Wildman–Crippen MR) is 139 cm³/mol. The van der Waals surface area contributed by atoms with E-state index in [1.54, 1.807) is 25.6 Å². The number of halogens is 3. The maximum absolute atomic E-state index is 12.9. The molecule has 9 heteroatoms. The third-order valence-electron chi connectivity index (χ3n) is 4.74. The smallest absolute Gasteiger partial charge is 0.241 e. The number of sulfonamides is 1. The second-order valence-electron chi connectivity index (χ2n) is 7.04. The molecular formula is C23H22Br2ClNO3S2. The highest BCUT2D eigenvalue weighted by atomic mass is 79.9. The van der Waals surface area contributed by atoms with E-state index in [1.165, 1.54) is 0 Å². The molecule has 0 saturated carbocycles. The molecule has 0 bridgehead atoms. The van der Waals surface area contributed by atoms with Gasteiger partial charge in [0.25, 0.3) is 0 Å². The Morgan fingerprint density at radius 1 is 0.969 bits per heavy atom. The van der Waals surface area contributed by atoms with Crippen molar-refractivity contribution >= 4 is 65.2 Å². The zero-order valence-electron chi connectivity index (χ0n) is 17.5. The highest BCUT2D eigenvalue weighted by molar-refractivity contribution is 9.11. The summed E-state index contributed by atoms with van der Waals surface area (Å²) in [6.45, 7) is 4.33. The lowest BCUT2D eigenvalue weighted by Crippen LogP contribution is -2.25. The lowest BCUT2D eigenvalue weighted by molar-refractivity contribution is 0.344. The number of ether oxygens (including phenoxy) is 1. The molecule has 4 nitrogen and oxygen atoms in total. The highest BCUT2D eigenvalue weighted by Gasteiger charge is 2.22. The molecule has 0 radical (unpaired) electrons. The summed E-state index contributed by atoms with van der Waals surface area (Å²) in [6.07, 6.45) is 0. The Hall–Kier alpha value is -1.03. The maximum atomic E-state index is 12.9. The van der Waals surface area contributed by atoms with Gasteiger partial charge < -0.3 is 4.74 Å². The number of nitrogens with one attached hydrogen (secondary N) is 1. The Bertz CT molecular complexity index is 1160. The van der Waals surface area contributed by atoms with E-state index in [9.17, 15) is 8.42 Å². The molecule has 0 aliphatic heterocycles. The van der Waals surface area contributed by atoms with Gasteiger partial charge in [-0.15, -0.1) is 11.8 Å². The largest absolute Gasteiger partial charge is 0.493 e. The lowest BCUT2D eigenvalue weighted by atomic mass is 10.2. The van der Waals surface area contributed by atoms with Crippen molar-refractivity contribution in [1.82, 2.24) is 4.72 Å². The van der Waals surface area contributed by atoms with Crippen LogP contribution in [0.15, 0.2) is 73.3 Å². The number of rotatable bonds is 9. The Kier molecular flexibility index (Phi) is 9.12. The minimum atomic E-state index is -3.67. The molecule has 170 valence electrons. The minimum absolute atomic E-state index is 0.193. The van der Waals surface area contributed by atoms with Gasteiger partial charge in [-0.2, -0.15) is 0 Å². The summed E-state index contributed by atoms with van der Waals surface area (Å²) in [5.74, 6) is 1.56. The highest BCUT2D eigenvalue weighted by Crippen LogP contribution is 2.32. The van der Waals surface area contributed by atoms with Gasteiger partial charge in [0.1, 0.15) is 5.75 Å². The molecule has 0 fully saturated rings. The van der Waals surface area contributed by atoms with Crippen molar-refractivity contribution in [3.63, 3.8) is 0 Å². The molecule has 3 aromatic rings. The van der Waals surface area contributed by atoms with Crippen molar-refractivity contribution in [1.29, 1.82) is 0 Å². The van der Waals surface area contributed by atoms with Gasteiger partial charge in [-0.25, -0.2) is 13.1 Å². The zero-order valence-corrected chi connectivity index (χ0v) is 23.1. The third kappa shape index (κ3) is 6.74. The summed E-state index contributed by atoms with van der Waals surface area (Å²) in [4.78, 5) is 1.43. The molecule has 0 saturated heterocycles. The van der Waals surface area contributed by atoms with Crippen molar-refractivity contribution in [2.75, 3.05) is 12.4 Å². The van der Waals surface area contributed by atoms with Crippen LogP contribution in [0, 0.1) is 13.8 Å². The molecule has 0 aromatic heterocycles. The molecule has 3 aromatic carbocycles.